The van der Waals surface area contributed by atoms with E-state index in [0.717, 1.165) is 6.07 Å². The molecule has 0 radical (unpaired) electrons. The number of rotatable bonds is 1. The van der Waals surface area contributed by atoms with Crippen LogP contribution in [0.5, 0.6) is 5.75 Å². The predicted molar refractivity (Wildman–Crippen MR) is 54.2 cm³/mol. The topological polar surface area (TPSA) is 52.6 Å². The van der Waals surface area contributed by atoms with Crippen LogP contribution in [0.15, 0.2) is 18.2 Å². The first-order chi connectivity index (χ1) is 8.08. The maximum absolute atomic E-state index is 13.0. The summed E-state index contributed by atoms with van der Waals surface area (Å²) in [6.07, 6.45) is 0.300. The number of ketones is 1. The fourth-order valence-electron chi connectivity index (χ4n) is 2.27. The van der Waals surface area contributed by atoms with Crippen molar-refractivity contribution in [2.24, 2.45) is 5.92 Å². The van der Waals surface area contributed by atoms with E-state index in [9.17, 15) is 14.0 Å². The number of hydrogen-bond acceptors (Lipinski definition) is 4. The van der Waals surface area contributed by atoms with E-state index in [4.69, 9.17) is 4.74 Å². The molecule has 0 aromatic heterocycles. The normalized spacial score (nSPS) is 28.8. The lowest BCUT2D eigenvalue weighted by Gasteiger charge is -2.23. The maximum atomic E-state index is 13.0. The number of carbonyl (C=O) groups excluding carboxylic acids is 2. The molecule has 0 bridgehead atoms. The van der Waals surface area contributed by atoms with Crippen LogP contribution in [0, 0.1) is 11.7 Å². The lowest BCUT2D eigenvalue weighted by Crippen LogP contribution is -2.38. The molecule has 0 spiro atoms. The molecule has 0 amide bonds. The Labute approximate surface area is 96.3 Å². The highest BCUT2D eigenvalue weighted by atomic mass is 19.1. The van der Waals surface area contributed by atoms with Crippen LogP contribution in [0.4, 0.5) is 4.39 Å². The third kappa shape index (κ3) is 1.22. The Morgan fingerprint density at radius 3 is 3.06 bits per heavy atom. The average Bonchev–Trinajstić information content (AvgIpc) is 3.06. The highest BCUT2D eigenvalue weighted by molar-refractivity contribution is 6.09. The second-order valence-electron chi connectivity index (χ2n) is 4.24. The number of carbonyl (C=O) groups is 2. The molecule has 1 saturated carbocycles. The lowest BCUT2D eigenvalue weighted by molar-refractivity contribution is -0.151. The van der Waals surface area contributed by atoms with Crippen molar-refractivity contribution < 1.29 is 23.5 Å². The Bertz CT molecular complexity index is 539. The van der Waals surface area contributed by atoms with E-state index in [-0.39, 0.29) is 17.1 Å². The van der Waals surface area contributed by atoms with Crippen molar-refractivity contribution in [2.45, 2.75) is 12.0 Å². The van der Waals surface area contributed by atoms with Crippen molar-refractivity contribution in [1.29, 1.82) is 0 Å². The number of benzene rings is 1. The van der Waals surface area contributed by atoms with Crippen molar-refractivity contribution in [1.82, 2.24) is 0 Å². The number of halogens is 1. The summed E-state index contributed by atoms with van der Waals surface area (Å²) in [6.45, 7) is 0. The average molecular weight is 236 g/mol. The summed E-state index contributed by atoms with van der Waals surface area (Å²) in [5.41, 5.74) is -0.969. The summed E-state index contributed by atoms with van der Waals surface area (Å²) in [7, 11) is 1.25. The highest BCUT2D eigenvalue weighted by Gasteiger charge is 2.70. The molecule has 0 saturated heterocycles. The largest absolute Gasteiger partial charge is 0.474 e. The molecule has 5 heteroatoms. The highest BCUT2D eigenvalue weighted by Crippen LogP contribution is 2.54. The summed E-state index contributed by atoms with van der Waals surface area (Å²) in [6, 6.07) is 3.69. The first-order valence-corrected chi connectivity index (χ1v) is 5.20. The molecule has 3 rings (SSSR count). The van der Waals surface area contributed by atoms with Gasteiger partial charge in [0.1, 0.15) is 11.6 Å². The van der Waals surface area contributed by atoms with Gasteiger partial charge >= 0.3 is 5.97 Å². The van der Waals surface area contributed by atoms with Crippen molar-refractivity contribution >= 4 is 11.8 Å². The second kappa shape index (κ2) is 3.06. The van der Waals surface area contributed by atoms with Crippen LogP contribution in [0.2, 0.25) is 0 Å². The van der Waals surface area contributed by atoms with E-state index in [2.05, 4.69) is 4.74 Å². The van der Waals surface area contributed by atoms with Crippen LogP contribution in [-0.4, -0.2) is 24.5 Å². The monoisotopic (exact) mass is 236 g/mol. The Balaban J connectivity index is 2.06. The minimum Gasteiger partial charge on any atom is -0.474 e. The van der Waals surface area contributed by atoms with Crippen LogP contribution in [-0.2, 0) is 9.53 Å². The van der Waals surface area contributed by atoms with Gasteiger partial charge in [-0.3, -0.25) is 4.79 Å². The molecule has 2 unspecified atom stereocenters. The smallest absolute Gasteiger partial charge is 0.351 e. The minimum atomic E-state index is -1.17. The summed E-state index contributed by atoms with van der Waals surface area (Å²) in [5, 5.41) is 0. The zero-order chi connectivity index (χ0) is 12.2. The quantitative estimate of drug-likeness (QED) is 0.690. The summed E-state index contributed by atoms with van der Waals surface area (Å²) < 4.78 is 23.2. The molecule has 1 heterocycles. The predicted octanol–water partition coefficient (Wildman–Crippen LogP) is 1.33. The van der Waals surface area contributed by atoms with Crippen LogP contribution in [0.25, 0.3) is 0 Å². The zero-order valence-corrected chi connectivity index (χ0v) is 9.03. The molecular weight excluding hydrogens is 227 g/mol. The number of Topliss-reactive ketones (excluding diaryl/α,β-unsaturated/α-hetero) is 1. The van der Waals surface area contributed by atoms with Crippen LogP contribution in [0.3, 0.4) is 0 Å². The SMILES string of the molecule is COC(=O)C12CC1C(=O)c1cc(F)ccc1O2. The molecule has 1 aromatic rings. The first-order valence-electron chi connectivity index (χ1n) is 5.20. The standard InChI is InChI=1S/C12H9FO4/c1-16-11(15)12-5-8(12)10(14)7-4-6(13)2-3-9(7)17-12/h2-4,8H,5H2,1H3. The molecule has 0 N–H and O–H groups in total. The van der Waals surface area contributed by atoms with E-state index in [1.54, 1.807) is 0 Å². The fourth-order valence-corrected chi connectivity index (χ4v) is 2.27. The van der Waals surface area contributed by atoms with E-state index < -0.39 is 23.3 Å². The number of esters is 1. The molecule has 1 aliphatic heterocycles. The summed E-state index contributed by atoms with van der Waals surface area (Å²) in [5.74, 6) is -1.59. The fraction of sp³-hybridized carbons (Fsp3) is 0.333. The van der Waals surface area contributed by atoms with E-state index in [1.807, 2.05) is 0 Å². The minimum absolute atomic E-state index is 0.201. The van der Waals surface area contributed by atoms with Crippen molar-refractivity contribution in [3.05, 3.63) is 29.6 Å². The van der Waals surface area contributed by atoms with Gasteiger partial charge in [0.2, 0.25) is 5.60 Å². The Kier molecular flexibility index (Phi) is 1.85. The van der Waals surface area contributed by atoms with Crippen molar-refractivity contribution in [2.75, 3.05) is 7.11 Å². The summed E-state index contributed by atoms with van der Waals surface area (Å²) in [4.78, 5) is 23.6. The lowest BCUT2D eigenvalue weighted by atomic mass is 10.0. The number of hydrogen-bond donors (Lipinski definition) is 0. The van der Waals surface area contributed by atoms with Gasteiger partial charge in [-0.05, 0) is 18.2 Å². The molecule has 2 aliphatic rings. The Hall–Kier alpha value is -1.91. The maximum Gasteiger partial charge on any atom is 0.351 e. The number of ether oxygens (including phenoxy) is 2. The van der Waals surface area contributed by atoms with Gasteiger partial charge in [-0.1, -0.05) is 0 Å². The molecule has 2 atom stereocenters. The Morgan fingerprint density at radius 2 is 2.35 bits per heavy atom. The molecule has 1 aromatic carbocycles. The van der Waals surface area contributed by atoms with Gasteiger partial charge in [-0.15, -0.1) is 0 Å². The molecular formula is C12H9FO4. The first kappa shape index (κ1) is 10.3. The zero-order valence-electron chi connectivity index (χ0n) is 9.03. The third-order valence-corrected chi connectivity index (χ3v) is 3.26. The third-order valence-electron chi connectivity index (χ3n) is 3.26. The van der Waals surface area contributed by atoms with Gasteiger partial charge in [0.25, 0.3) is 0 Å². The van der Waals surface area contributed by atoms with Crippen LogP contribution < -0.4 is 4.74 Å². The van der Waals surface area contributed by atoms with Gasteiger partial charge in [0, 0.05) is 6.42 Å². The second-order valence-corrected chi connectivity index (χ2v) is 4.24. The van der Waals surface area contributed by atoms with Gasteiger partial charge in [0.15, 0.2) is 5.78 Å². The van der Waals surface area contributed by atoms with E-state index in [1.165, 1.54) is 19.2 Å². The number of methoxy groups -OCH3 is 1. The van der Waals surface area contributed by atoms with Crippen molar-refractivity contribution in [3.63, 3.8) is 0 Å². The van der Waals surface area contributed by atoms with Crippen LogP contribution in [0.1, 0.15) is 16.8 Å². The molecule has 88 valence electrons. The number of fused-ring (bicyclic) bond motifs is 2. The Morgan fingerprint density at radius 1 is 1.59 bits per heavy atom. The molecule has 1 fully saturated rings. The van der Waals surface area contributed by atoms with Crippen molar-refractivity contribution in [3.8, 4) is 5.75 Å². The van der Waals surface area contributed by atoms with Crippen LogP contribution >= 0.6 is 0 Å². The van der Waals surface area contributed by atoms with Gasteiger partial charge in [0.05, 0.1) is 18.6 Å². The molecule has 4 nitrogen and oxygen atoms in total. The summed E-state index contributed by atoms with van der Waals surface area (Å²) >= 11 is 0. The van der Waals surface area contributed by atoms with Gasteiger partial charge in [-0.2, -0.15) is 0 Å². The van der Waals surface area contributed by atoms with E-state index >= 15 is 0 Å². The van der Waals surface area contributed by atoms with Gasteiger partial charge < -0.3 is 9.47 Å². The van der Waals surface area contributed by atoms with Gasteiger partial charge in [-0.25, -0.2) is 9.18 Å². The molecule has 17 heavy (non-hydrogen) atoms. The van der Waals surface area contributed by atoms with E-state index in [0.29, 0.717) is 6.42 Å². The molecule has 1 aliphatic carbocycles.